The van der Waals surface area contributed by atoms with Gasteiger partial charge in [0.15, 0.2) is 0 Å². The van der Waals surface area contributed by atoms with Crippen molar-refractivity contribution >= 4 is 23.5 Å². The van der Waals surface area contributed by atoms with Crippen LogP contribution in [0.3, 0.4) is 0 Å². The summed E-state index contributed by atoms with van der Waals surface area (Å²) in [7, 11) is 0. The van der Waals surface area contributed by atoms with Crippen LogP contribution in [0, 0.1) is 0 Å². The van der Waals surface area contributed by atoms with Crippen LogP contribution >= 0.6 is 0 Å². The molecule has 7 heteroatoms. The molecule has 0 aliphatic carbocycles. The molecule has 0 radical (unpaired) electrons. The number of imide groups is 1. The molecule has 0 spiro atoms. The summed E-state index contributed by atoms with van der Waals surface area (Å²) in [5.41, 5.74) is 0.529. The number of nitrogens with one attached hydrogen (secondary N) is 1. The number of carbonyl (C=O) groups excluding carboxylic acids is 3. The van der Waals surface area contributed by atoms with Gasteiger partial charge in [-0.15, -0.1) is 0 Å². The molecule has 2 aliphatic heterocycles. The quantitative estimate of drug-likeness (QED) is 0.831. The average molecular weight is 379 g/mol. The lowest BCUT2D eigenvalue weighted by Gasteiger charge is -2.37. The Morgan fingerprint density at radius 2 is 1.79 bits per heavy atom. The van der Waals surface area contributed by atoms with E-state index in [1.807, 2.05) is 42.5 Å². The minimum absolute atomic E-state index is 0.290. The topological polar surface area (TPSA) is 79.0 Å². The standard InChI is InChI=1S/C21H21N3O4/c1-21(2)19(26)23(20(27)22-21)12-18(25)24-15-10-6-7-11-17(15)28-13-16(24)14-8-4-3-5-9-14/h3-11,16H,12-13H2,1-2H3,(H,22,27)/t16-/m1/s1. The highest BCUT2D eigenvalue weighted by molar-refractivity contribution is 6.10. The van der Waals surface area contributed by atoms with E-state index in [0.717, 1.165) is 10.5 Å². The third-order valence-corrected chi connectivity index (χ3v) is 5.02. The first kappa shape index (κ1) is 18.0. The minimum Gasteiger partial charge on any atom is -0.489 e. The van der Waals surface area contributed by atoms with Gasteiger partial charge in [-0.3, -0.25) is 19.4 Å². The first-order valence-corrected chi connectivity index (χ1v) is 9.11. The van der Waals surface area contributed by atoms with Gasteiger partial charge in [0.1, 0.15) is 24.4 Å². The van der Waals surface area contributed by atoms with Gasteiger partial charge >= 0.3 is 6.03 Å². The number of ether oxygens (including phenoxy) is 1. The number of urea groups is 1. The van der Waals surface area contributed by atoms with Crippen LogP contribution in [0.4, 0.5) is 10.5 Å². The predicted molar refractivity (Wildman–Crippen MR) is 103 cm³/mol. The van der Waals surface area contributed by atoms with Gasteiger partial charge in [-0.1, -0.05) is 42.5 Å². The number of fused-ring (bicyclic) bond motifs is 1. The lowest BCUT2D eigenvalue weighted by Crippen LogP contribution is -2.48. The number of para-hydroxylation sites is 2. The van der Waals surface area contributed by atoms with Gasteiger partial charge in [-0.25, -0.2) is 4.79 Å². The predicted octanol–water partition coefficient (Wildman–Crippen LogP) is 2.48. The molecule has 1 atom stereocenters. The van der Waals surface area contributed by atoms with Crippen molar-refractivity contribution < 1.29 is 19.1 Å². The van der Waals surface area contributed by atoms with Crippen molar-refractivity contribution in [3.63, 3.8) is 0 Å². The molecule has 7 nitrogen and oxygen atoms in total. The van der Waals surface area contributed by atoms with E-state index in [1.54, 1.807) is 30.9 Å². The average Bonchev–Trinajstić information content (AvgIpc) is 2.89. The number of hydrogen-bond donors (Lipinski definition) is 1. The van der Waals surface area contributed by atoms with E-state index in [9.17, 15) is 14.4 Å². The molecule has 2 aromatic carbocycles. The fourth-order valence-corrected chi connectivity index (χ4v) is 3.59. The third-order valence-electron chi connectivity index (χ3n) is 5.02. The second-order valence-electron chi connectivity index (χ2n) is 7.42. The first-order valence-electron chi connectivity index (χ1n) is 9.11. The smallest absolute Gasteiger partial charge is 0.325 e. The first-order chi connectivity index (χ1) is 13.4. The molecular weight excluding hydrogens is 358 g/mol. The fourth-order valence-electron chi connectivity index (χ4n) is 3.59. The molecular formula is C21H21N3O4. The summed E-state index contributed by atoms with van der Waals surface area (Å²) in [5, 5.41) is 2.61. The summed E-state index contributed by atoms with van der Waals surface area (Å²) in [4.78, 5) is 40.6. The fraction of sp³-hybridized carbons (Fsp3) is 0.286. The molecule has 2 aromatic rings. The van der Waals surface area contributed by atoms with Crippen molar-refractivity contribution in [2.24, 2.45) is 0 Å². The summed E-state index contributed by atoms with van der Waals surface area (Å²) in [6, 6.07) is 15.9. The molecule has 2 heterocycles. The zero-order valence-electron chi connectivity index (χ0n) is 15.7. The zero-order chi connectivity index (χ0) is 19.9. The Morgan fingerprint density at radius 3 is 2.46 bits per heavy atom. The van der Waals surface area contributed by atoms with Gasteiger partial charge in [-0.05, 0) is 31.5 Å². The van der Waals surface area contributed by atoms with Gasteiger partial charge in [0, 0.05) is 0 Å². The molecule has 2 aliphatic rings. The molecule has 0 bridgehead atoms. The largest absolute Gasteiger partial charge is 0.489 e. The van der Waals surface area contributed by atoms with Crippen molar-refractivity contribution in [1.82, 2.24) is 10.2 Å². The van der Waals surface area contributed by atoms with Crippen molar-refractivity contribution in [3.05, 3.63) is 60.2 Å². The minimum atomic E-state index is -1.01. The second kappa shape index (κ2) is 6.67. The van der Waals surface area contributed by atoms with E-state index in [4.69, 9.17) is 4.74 Å². The lowest BCUT2D eigenvalue weighted by molar-refractivity contribution is -0.133. The van der Waals surface area contributed by atoms with Crippen LogP contribution in [-0.4, -0.2) is 41.4 Å². The molecule has 144 valence electrons. The maximum atomic E-state index is 13.3. The maximum Gasteiger partial charge on any atom is 0.325 e. The summed E-state index contributed by atoms with van der Waals surface area (Å²) < 4.78 is 5.86. The van der Waals surface area contributed by atoms with E-state index in [-0.39, 0.29) is 18.5 Å². The van der Waals surface area contributed by atoms with E-state index in [0.29, 0.717) is 18.0 Å². The Balaban J connectivity index is 1.68. The van der Waals surface area contributed by atoms with Gasteiger partial charge in [0.2, 0.25) is 5.91 Å². The lowest BCUT2D eigenvalue weighted by atomic mass is 10.0. The highest BCUT2D eigenvalue weighted by atomic mass is 16.5. The number of anilines is 1. The van der Waals surface area contributed by atoms with Gasteiger partial charge in [-0.2, -0.15) is 0 Å². The Hall–Kier alpha value is -3.35. The van der Waals surface area contributed by atoms with Gasteiger partial charge in [0.25, 0.3) is 5.91 Å². The molecule has 1 N–H and O–H groups in total. The van der Waals surface area contributed by atoms with Crippen molar-refractivity contribution in [1.29, 1.82) is 0 Å². The van der Waals surface area contributed by atoms with Crippen LogP contribution < -0.4 is 15.0 Å². The monoisotopic (exact) mass is 379 g/mol. The number of amides is 4. The van der Waals surface area contributed by atoms with Crippen LogP contribution in [0.2, 0.25) is 0 Å². The van der Waals surface area contributed by atoms with Crippen molar-refractivity contribution in [3.8, 4) is 5.75 Å². The number of rotatable bonds is 3. The van der Waals surface area contributed by atoms with Gasteiger partial charge in [0.05, 0.1) is 11.7 Å². The molecule has 0 aromatic heterocycles. The van der Waals surface area contributed by atoms with Crippen molar-refractivity contribution in [2.45, 2.75) is 25.4 Å². The van der Waals surface area contributed by atoms with Gasteiger partial charge < -0.3 is 10.1 Å². The molecule has 1 fully saturated rings. The van der Waals surface area contributed by atoms with E-state index in [2.05, 4.69) is 5.32 Å². The number of hydrogen-bond acceptors (Lipinski definition) is 4. The van der Waals surface area contributed by atoms with Crippen molar-refractivity contribution in [2.75, 3.05) is 18.1 Å². The Labute approximate surface area is 162 Å². The Bertz CT molecular complexity index is 942. The summed E-state index contributed by atoms with van der Waals surface area (Å²) in [6.45, 7) is 3.20. The summed E-state index contributed by atoms with van der Waals surface area (Å²) in [5.74, 6) is -0.157. The van der Waals surface area contributed by atoms with Crippen LogP contribution in [0.1, 0.15) is 25.5 Å². The summed E-state index contributed by atoms with van der Waals surface area (Å²) >= 11 is 0. The molecule has 4 rings (SSSR count). The van der Waals surface area contributed by atoms with Crippen LogP contribution in [-0.2, 0) is 9.59 Å². The SMILES string of the molecule is CC1(C)NC(=O)N(CC(=O)N2c3ccccc3OC[C@@H]2c2ccccc2)C1=O. The molecule has 28 heavy (non-hydrogen) atoms. The highest BCUT2D eigenvalue weighted by Crippen LogP contribution is 2.39. The van der Waals surface area contributed by atoms with E-state index >= 15 is 0 Å². The number of carbonyl (C=O) groups is 3. The van der Waals surface area contributed by atoms with E-state index in [1.165, 1.54) is 0 Å². The molecule has 0 saturated carbocycles. The number of nitrogens with zero attached hydrogens (tertiary/aromatic N) is 2. The molecule has 0 unspecified atom stereocenters. The molecule has 4 amide bonds. The van der Waals surface area contributed by atoms with Crippen LogP contribution in [0.25, 0.3) is 0 Å². The van der Waals surface area contributed by atoms with E-state index < -0.39 is 17.5 Å². The maximum absolute atomic E-state index is 13.3. The molecule has 1 saturated heterocycles. The normalized spacial score (nSPS) is 20.4. The highest BCUT2D eigenvalue weighted by Gasteiger charge is 2.46. The zero-order valence-corrected chi connectivity index (χ0v) is 15.7. The Kier molecular flexibility index (Phi) is 4.30. The third kappa shape index (κ3) is 2.98. The second-order valence-corrected chi connectivity index (χ2v) is 7.42. The Morgan fingerprint density at radius 1 is 1.11 bits per heavy atom. The summed E-state index contributed by atoms with van der Waals surface area (Å²) in [6.07, 6.45) is 0. The van der Waals surface area contributed by atoms with Crippen LogP contribution in [0.5, 0.6) is 5.75 Å². The number of benzene rings is 2. The van der Waals surface area contributed by atoms with Crippen LogP contribution in [0.15, 0.2) is 54.6 Å².